The molecule has 1 aromatic heterocycles. The van der Waals surface area contributed by atoms with Crippen molar-refractivity contribution < 1.29 is 27.8 Å². The zero-order chi connectivity index (χ0) is 15.8. The number of alkyl halides is 3. The van der Waals surface area contributed by atoms with Crippen molar-refractivity contribution >= 4 is 5.97 Å². The molecule has 1 aliphatic heterocycles. The lowest BCUT2D eigenvalue weighted by molar-refractivity contribution is -0.162. The predicted octanol–water partition coefficient (Wildman–Crippen LogP) is 0.0365. The Balaban J connectivity index is 2.11. The Bertz CT molecular complexity index is 541. The average Bonchev–Trinajstić information content (AvgIpc) is 2.80. The summed E-state index contributed by atoms with van der Waals surface area (Å²) in [7, 11) is 1.15. The number of methoxy groups -OCH3 is 1. The van der Waals surface area contributed by atoms with Crippen LogP contribution in [0.1, 0.15) is 18.6 Å². The van der Waals surface area contributed by atoms with E-state index < -0.39 is 23.6 Å². The van der Waals surface area contributed by atoms with Gasteiger partial charge in [0.15, 0.2) is 5.60 Å². The molecule has 0 aromatic carbocycles. The summed E-state index contributed by atoms with van der Waals surface area (Å²) in [6.07, 6.45) is -4.55. The van der Waals surface area contributed by atoms with Crippen LogP contribution < -0.4 is 0 Å². The SMILES string of the molecule is COC(=O)C(C)(O)CN1CCn2c(nnc2C(F)(F)F)C1. The van der Waals surface area contributed by atoms with E-state index in [9.17, 15) is 23.1 Å². The molecule has 0 radical (unpaired) electrons. The molecule has 118 valence electrons. The molecule has 0 saturated heterocycles. The second-order valence-corrected chi connectivity index (χ2v) is 5.07. The molecule has 1 atom stereocenters. The summed E-state index contributed by atoms with van der Waals surface area (Å²) < 4.78 is 43.6. The highest BCUT2D eigenvalue weighted by molar-refractivity contribution is 5.78. The Kier molecular flexibility index (Phi) is 3.93. The number of nitrogens with zero attached hydrogens (tertiary/aromatic N) is 4. The quantitative estimate of drug-likeness (QED) is 0.794. The van der Waals surface area contributed by atoms with E-state index in [1.807, 2.05) is 0 Å². The number of hydrogen-bond acceptors (Lipinski definition) is 6. The van der Waals surface area contributed by atoms with E-state index in [4.69, 9.17) is 0 Å². The van der Waals surface area contributed by atoms with Gasteiger partial charge in [-0.25, -0.2) is 4.79 Å². The van der Waals surface area contributed by atoms with Gasteiger partial charge in [0.1, 0.15) is 5.82 Å². The molecule has 1 N–H and O–H groups in total. The van der Waals surface area contributed by atoms with Gasteiger partial charge in [-0.1, -0.05) is 0 Å². The van der Waals surface area contributed by atoms with Crippen molar-refractivity contribution in [1.82, 2.24) is 19.7 Å². The topological polar surface area (TPSA) is 80.5 Å². The number of carbonyl (C=O) groups is 1. The zero-order valence-electron chi connectivity index (χ0n) is 11.5. The van der Waals surface area contributed by atoms with Gasteiger partial charge in [-0.2, -0.15) is 13.2 Å². The second kappa shape index (κ2) is 5.26. The maximum atomic E-state index is 12.7. The van der Waals surface area contributed by atoms with Gasteiger partial charge in [-0.3, -0.25) is 4.90 Å². The first-order valence-electron chi connectivity index (χ1n) is 6.17. The van der Waals surface area contributed by atoms with Crippen LogP contribution in [-0.2, 0) is 28.8 Å². The van der Waals surface area contributed by atoms with Gasteiger partial charge in [-0.15, -0.1) is 10.2 Å². The van der Waals surface area contributed by atoms with Gasteiger partial charge in [0.25, 0.3) is 0 Å². The number of aromatic nitrogens is 3. The van der Waals surface area contributed by atoms with Gasteiger partial charge in [-0.05, 0) is 6.92 Å². The zero-order valence-corrected chi connectivity index (χ0v) is 11.5. The Labute approximate surface area is 118 Å². The molecule has 7 nitrogen and oxygen atoms in total. The molecule has 1 aliphatic rings. The number of esters is 1. The van der Waals surface area contributed by atoms with E-state index in [0.29, 0.717) is 0 Å². The number of ether oxygens (including phenoxy) is 1. The van der Waals surface area contributed by atoms with Crippen molar-refractivity contribution in [3.63, 3.8) is 0 Å². The molecule has 0 fully saturated rings. The van der Waals surface area contributed by atoms with E-state index in [-0.39, 0.29) is 32.0 Å². The summed E-state index contributed by atoms with van der Waals surface area (Å²) in [4.78, 5) is 13.0. The third-order valence-corrected chi connectivity index (χ3v) is 3.24. The molecule has 0 bridgehead atoms. The summed E-state index contributed by atoms with van der Waals surface area (Å²) >= 11 is 0. The van der Waals surface area contributed by atoms with Crippen molar-refractivity contribution in [3.05, 3.63) is 11.6 Å². The Morgan fingerprint density at radius 2 is 2.05 bits per heavy atom. The smallest absolute Gasteiger partial charge is 0.451 e. The number of rotatable bonds is 3. The number of halogens is 3. The lowest BCUT2D eigenvalue weighted by Crippen LogP contribution is -2.49. The van der Waals surface area contributed by atoms with Crippen LogP contribution in [0.15, 0.2) is 0 Å². The van der Waals surface area contributed by atoms with Crippen LogP contribution in [0.25, 0.3) is 0 Å². The van der Waals surface area contributed by atoms with Crippen molar-refractivity contribution in [3.8, 4) is 0 Å². The number of β-amino-alcohol motifs (C(OH)–C–C–N with tert-alkyl or cyclic N) is 1. The Hall–Kier alpha value is -1.68. The number of carbonyl (C=O) groups excluding carboxylic acids is 1. The monoisotopic (exact) mass is 308 g/mol. The highest BCUT2D eigenvalue weighted by Gasteiger charge is 2.40. The van der Waals surface area contributed by atoms with E-state index >= 15 is 0 Å². The molecule has 21 heavy (non-hydrogen) atoms. The van der Waals surface area contributed by atoms with Crippen molar-refractivity contribution in [2.45, 2.75) is 31.8 Å². The number of fused-ring (bicyclic) bond motifs is 1. The first-order valence-corrected chi connectivity index (χ1v) is 6.17. The van der Waals surface area contributed by atoms with Crippen molar-refractivity contribution in [2.24, 2.45) is 0 Å². The minimum absolute atomic E-state index is 0.0361. The molecule has 0 saturated carbocycles. The van der Waals surface area contributed by atoms with E-state index in [0.717, 1.165) is 11.7 Å². The summed E-state index contributed by atoms with van der Waals surface area (Å²) in [5.74, 6) is -1.68. The predicted molar refractivity (Wildman–Crippen MR) is 62.9 cm³/mol. The van der Waals surface area contributed by atoms with Crippen molar-refractivity contribution in [1.29, 1.82) is 0 Å². The van der Waals surface area contributed by atoms with Crippen LogP contribution in [-0.4, -0.2) is 56.5 Å². The normalized spacial score (nSPS) is 19.0. The Morgan fingerprint density at radius 3 is 2.62 bits per heavy atom. The molecule has 1 unspecified atom stereocenters. The van der Waals surface area contributed by atoms with Crippen LogP contribution in [0.5, 0.6) is 0 Å². The molecule has 1 aromatic rings. The fourth-order valence-corrected chi connectivity index (χ4v) is 2.27. The molecular weight excluding hydrogens is 293 g/mol. The van der Waals surface area contributed by atoms with Crippen LogP contribution >= 0.6 is 0 Å². The Morgan fingerprint density at radius 1 is 1.38 bits per heavy atom. The van der Waals surface area contributed by atoms with Gasteiger partial charge in [0.05, 0.1) is 13.7 Å². The average molecular weight is 308 g/mol. The maximum absolute atomic E-state index is 12.7. The fourth-order valence-electron chi connectivity index (χ4n) is 2.27. The highest BCUT2D eigenvalue weighted by Crippen LogP contribution is 2.29. The molecule has 0 aliphatic carbocycles. The molecule has 10 heteroatoms. The van der Waals surface area contributed by atoms with E-state index in [2.05, 4.69) is 14.9 Å². The first-order chi connectivity index (χ1) is 9.65. The van der Waals surface area contributed by atoms with Crippen LogP contribution in [0.3, 0.4) is 0 Å². The number of hydrogen-bond donors (Lipinski definition) is 1. The lowest BCUT2D eigenvalue weighted by Gasteiger charge is -2.32. The van der Waals surface area contributed by atoms with Gasteiger partial charge >= 0.3 is 12.1 Å². The van der Waals surface area contributed by atoms with E-state index in [1.54, 1.807) is 4.90 Å². The van der Waals surface area contributed by atoms with Crippen molar-refractivity contribution in [2.75, 3.05) is 20.2 Å². The molecule has 0 amide bonds. The van der Waals surface area contributed by atoms with E-state index in [1.165, 1.54) is 6.92 Å². The van der Waals surface area contributed by atoms with Crippen LogP contribution in [0.4, 0.5) is 13.2 Å². The standard InChI is InChI=1S/C11H15F3N4O3/c1-10(20,9(19)21-2)6-17-3-4-18-7(5-17)15-16-8(18)11(12,13)14/h20H,3-6H2,1-2H3. The molecule has 2 heterocycles. The van der Waals surface area contributed by atoms with Crippen LogP contribution in [0, 0.1) is 0 Å². The van der Waals surface area contributed by atoms with Gasteiger partial charge < -0.3 is 14.4 Å². The largest absolute Gasteiger partial charge is 0.467 e. The van der Waals surface area contributed by atoms with Gasteiger partial charge in [0, 0.05) is 19.6 Å². The maximum Gasteiger partial charge on any atom is 0.451 e. The lowest BCUT2D eigenvalue weighted by atomic mass is 10.1. The minimum atomic E-state index is -4.55. The third kappa shape index (κ3) is 3.16. The van der Waals surface area contributed by atoms with Gasteiger partial charge in [0.2, 0.25) is 5.82 Å². The molecule has 2 rings (SSSR count). The molecular formula is C11H15F3N4O3. The summed E-state index contributed by atoms with van der Waals surface area (Å²) in [6, 6.07) is 0. The summed E-state index contributed by atoms with van der Waals surface area (Å²) in [6.45, 7) is 1.57. The summed E-state index contributed by atoms with van der Waals surface area (Å²) in [5.41, 5.74) is -1.73. The van der Waals surface area contributed by atoms with Crippen LogP contribution in [0.2, 0.25) is 0 Å². The number of aliphatic hydroxyl groups is 1. The highest BCUT2D eigenvalue weighted by atomic mass is 19.4. The molecule has 0 spiro atoms. The summed E-state index contributed by atoms with van der Waals surface area (Å²) in [5, 5.41) is 16.7. The second-order valence-electron chi connectivity index (χ2n) is 5.07. The third-order valence-electron chi connectivity index (χ3n) is 3.24. The first kappa shape index (κ1) is 15.7. The fraction of sp³-hybridized carbons (Fsp3) is 0.727. The minimum Gasteiger partial charge on any atom is -0.467 e.